The first-order valence-corrected chi connectivity index (χ1v) is 9.30. The Morgan fingerprint density at radius 2 is 2.08 bits per heavy atom. The van der Waals surface area contributed by atoms with Crippen molar-refractivity contribution in [3.63, 3.8) is 0 Å². The van der Waals surface area contributed by atoms with Crippen LogP contribution in [-0.2, 0) is 9.59 Å². The summed E-state index contributed by atoms with van der Waals surface area (Å²) in [5, 5.41) is 18.6. The van der Waals surface area contributed by atoms with Gasteiger partial charge in [-0.15, -0.1) is 0 Å². The first-order valence-electron chi connectivity index (χ1n) is 9.30. The van der Waals surface area contributed by atoms with E-state index in [1.165, 1.54) is 0 Å². The van der Waals surface area contributed by atoms with E-state index in [9.17, 15) is 14.7 Å². The molecule has 4 nitrogen and oxygen atoms in total. The maximum atomic E-state index is 12.0. The molecule has 2 N–H and O–H groups in total. The second kappa shape index (κ2) is 12.0. The Kier molecular flexibility index (Phi) is 10.3. The van der Waals surface area contributed by atoms with Gasteiger partial charge in [0, 0.05) is 18.8 Å². The third-order valence-electron chi connectivity index (χ3n) is 4.66. The van der Waals surface area contributed by atoms with Crippen LogP contribution in [0.1, 0.15) is 71.1 Å². The highest BCUT2D eigenvalue weighted by Gasteiger charge is 2.31. The molecule has 0 radical (unpaired) electrons. The van der Waals surface area contributed by atoms with Crippen LogP contribution in [0.2, 0.25) is 0 Å². The Morgan fingerprint density at radius 1 is 1.29 bits per heavy atom. The van der Waals surface area contributed by atoms with Crippen molar-refractivity contribution in [1.29, 1.82) is 0 Å². The lowest BCUT2D eigenvalue weighted by Gasteiger charge is -2.13. The summed E-state index contributed by atoms with van der Waals surface area (Å²) in [6, 6.07) is 0. The third-order valence-corrected chi connectivity index (χ3v) is 4.66. The number of carboxylic acid groups (broad SMARTS) is 1. The molecular formula is C20H32O4. The Hall–Kier alpha value is -1.42. The number of aliphatic hydroxyl groups is 1. The number of aliphatic carboxylic acids is 1. The van der Waals surface area contributed by atoms with Gasteiger partial charge in [-0.1, -0.05) is 50.5 Å². The van der Waals surface area contributed by atoms with Crippen LogP contribution in [0.4, 0.5) is 0 Å². The lowest BCUT2D eigenvalue weighted by molar-refractivity contribution is -0.137. The van der Waals surface area contributed by atoms with Gasteiger partial charge in [0.1, 0.15) is 5.78 Å². The number of aliphatic hydroxyl groups excluding tert-OH is 1. The van der Waals surface area contributed by atoms with Crippen molar-refractivity contribution in [1.82, 2.24) is 0 Å². The molecule has 0 aromatic carbocycles. The summed E-state index contributed by atoms with van der Waals surface area (Å²) in [5.74, 6) is -0.223. The van der Waals surface area contributed by atoms with Crippen molar-refractivity contribution in [2.75, 3.05) is 0 Å². The molecule has 1 rings (SSSR count). The van der Waals surface area contributed by atoms with Crippen LogP contribution in [-0.4, -0.2) is 28.1 Å². The van der Waals surface area contributed by atoms with E-state index in [0.29, 0.717) is 25.0 Å². The van der Waals surface area contributed by atoms with Gasteiger partial charge in [0.15, 0.2) is 0 Å². The number of carbonyl (C=O) groups excluding carboxylic acids is 1. The summed E-state index contributed by atoms with van der Waals surface area (Å²) in [5.41, 5.74) is 0. The van der Waals surface area contributed by atoms with Crippen LogP contribution in [0.25, 0.3) is 0 Å². The molecule has 1 saturated carbocycles. The molecule has 24 heavy (non-hydrogen) atoms. The van der Waals surface area contributed by atoms with E-state index < -0.39 is 12.1 Å². The third kappa shape index (κ3) is 8.44. The number of Topliss-reactive ketones (excluding diaryl/α,β-unsaturated/α-hetero) is 1. The number of rotatable bonds is 12. The van der Waals surface area contributed by atoms with Gasteiger partial charge in [-0.05, 0) is 38.0 Å². The van der Waals surface area contributed by atoms with Gasteiger partial charge >= 0.3 is 5.97 Å². The Labute approximate surface area is 145 Å². The van der Waals surface area contributed by atoms with Crippen LogP contribution in [0, 0.1) is 11.8 Å². The second-order valence-electron chi connectivity index (χ2n) is 6.72. The van der Waals surface area contributed by atoms with Gasteiger partial charge in [-0.2, -0.15) is 0 Å². The number of ketones is 1. The van der Waals surface area contributed by atoms with Gasteiger partial charge in [0.25, 0.3) is 0 Å². The molecule has 3 atom stereocenters. The molecule has 0 aromatic rings. The Bertz CT molecular complexity index is 439. The zero-order valence-electron chi connectivity index (χ0n) is 14.8. The SMILES string of the molecule is CCCCC[C@H](O)/C=C/C1CCC(=O)[C@@H]1C/C=C\CCCC(=O)O. The number of carbonyl (C=O) groups is 2. The van der Waals surface area contributed by atoms with Crippen LogP contribution >= 0.6 is 0 Å². The fourth-order valence-corrected chi connectivity index (χ4v) is 3.17. The van der Waals surface area contributed by atoms with Gasteiger partial charge < -0.3 is 10.2 Å². The average molecular weight is 336 g/mol. The quantitative estimate of drug-likeness (QED) is 0.412. The fraction of sp³-hybridized carbons (Fsp3) is 0.700. The number of allylic oxidation sites excluding steroid dienone is 3. The van der Waals surface area contributed by atoms with Gasteiger partial charge in [-0.25, -0.2) is 0 Å². The standard InChI is InChI=1S/C20H32O4/c1-2-3-6-9-17(21)14-12-16-13-15-19(22)18(16)10-7-4-5-8-11-20(23)24/h4,7,12,14,16-18,21H,2-3,5-6,8-11,13,15H2,1H3,(H,23,24)/b7-4-,14-12+/t16?,17-,18+/m0/s1. The summed E-state index contributed by atoms with van der Waals surface area (Å²) in [7, 11) is 0. The van der Waals surface area contributed by atoms with Crippen LogP contribution in [0.3, 0.4) is 0 Å². The zero-order chi connectivity index (χ0) is 17.8. The molecule has 4 heteroatoms. The summed E-state index contributed by atoms with van der Waals surface area (Å²) < 4.78 is 0. The van der Waals surface area contributed by atoms with Gasteiger partial charge in [0.2, 0.25) is 0 Å². The molecule has 0 spiro atoms. The maximum absolute atomic E-state index is 12.0. The molecule has 136 valence electrons. The van der Waals surface area contributed by atoms with E-state index in [1.54, 1.807) is 0 Å². The summed E-state index contributed by atoms with van der Waals surface area (Å²) in [4.78, 5) is 22.5. The number of hydrogen-bond donors (Lipinski definition) is 2. The van der Waals surface area contributed by atoms with Crippen molar-refractivity contribution in [3.8, 4) is 0 Å². The van der Waals surface area contributed by atoms with E-state index in [-0.39, 0.29) is 18.3 Å². The normalized spacial score (nSPS) is 22.7. The highest BCUT2D eigenvalue weighted by atomic mass is 16.4. The van der Waals surface area contributed by atoms with Crippen LogP contribution in [0.5, 0.6) is 0 Å². The lowest BCUT2D eigenvalue weighted by atomic mass is 9.91. The highest BCUT2D eigenvalue weighted by Crippen LogP contribution is 2.33. The van der Waals surface area contributed by atoms with Crippen molar-refractivity contribution in [2.24, 2.45) is 11.8 Å². The molecule has 0 amide bonds. The summed E-state index contributed by atoms with van der Waals surface area (Å²) in [6.07, 6.45) is 15.4. The van der Waals surface area contributed by atoms with E-state index >= 15 is 0 Å². The van der Waals surface area contributed by atoms with E-state index in [1.807, 2.05) is 24.3 Å². The average Bonchev–Trinajstić information content (AvgIpc) is 2.89. The predicted molar refractivity (Wildman–Crippen MR) is 95.8 cm³/mol. The molecule has 1 aliphatic carbocycles. The Morgan fingerprint density at radius 3 is 2.79 bits per heavy atom. The van der Waals surface area contributed by atoms with E-state index in [0.717, 1.165) is 38.5 Å². The molecule has 0 aliphatic heterocycles. The second-order valence-corrected chi connectivity index (χ2v) is 6.72. The van der Waals surface area contributed by atoms with Gasteiger partial charge in [-0.3, -0.25) is 9.59 Å². The minimum atomic E-state index is -0.767. The van der Waals surface area contributed by atoms with Crippen molar-refractivity contribution in [3.05, 3.63) is 24.3 Å². The predicted octanol–water partition coefficient (Wildman–Crippen LogP) is 4.28. The fourth-order valence-electron chi connectivity index (χ4n) is 3.17. The molecule has 1 fully saturated rings. The molecular weight excluding hydrogens is 304 g/mol. The smallest absolute Gasteiger partial charge is 0.303 e. The number of hydrogen-bond acceptors (Lipinski definition) is 3. The molecule has 1 aliphatic rings. The van der Waals surface area contributed by atoms with Gasteiger partial charge in [0.05, 0.1) is 6.10 Å². The zero-order valence-corrected chi connectivity index (χ0v) is 14.8. The molecule has 0 heterocycles. The largest absolute Gasteiger partial charge is 0.481 e. The lowest BCUT2D eigenvalue weighted by Crippen LogP contribution is -2.13. The minimum Gasteiger partial charge on any atom is -0.481 e. The summed E-state index contributed by atoms with van der Waals surface area (Å²) >= 11 is 0. The first-order chi connectivity index (χ1) is 11.5. The highest BCUT2D eigenvalue weighted by molar-refractivity contribution is 5.83. The van der Waals surface area contributed by atoms with E-state index in [4.69, 9.17) is 5.11 Å². The van der Waals surface area contributed by atoms with Crippen molar-refractivity contribution >= 4 is 11.8 Å². The van der Waals surface area contributed by atoms with Crippen molar-refractivity contribution in [2.45, 2.75) is 77.2 Å². The molecule has 0 aromatic heterocycles. The molecule has 0 saturated heterocycles. The van der Waals surface area contributed by atoms with Crippen LogP contribution in [0.15, 0.2) is 24.3 Å². The molecule has 0 bridgehead atoms. The van der Waals surface area contributed by atoms with Crippen molar-refractivity contribution < 1.29 is 19.8 Å². The maximum Gasteiger partial charge on any atom is 0.303 e. The molecule has 1 unspecified atom stereocenters. The monoisotopic (exact) mass is 336 g/mol. The van der Waals surface area contributed by atoms with Crippen LogP contribution < -0.4 is 0 Å². The van der Waals surface area contributed by atoms with E-state index in [2.05, 4.69) is 6.92 Å². The number of carboxylic acids is 1. The number of unbranched alkanes of at least 4 members (excludes halogenated alkanes) is 3. The summed E-state index contributed by atoms with van der Waals surface area (Å²) in [6.45, 7) is 2.14. The Balaban J connectivity index is 2.37. The first kappa shape index (κ1) is 20.6. The topological polar surface area (TPSA) is 74.6 Å². The minimum absolute atomic E-state index is 0.0137.